The molecule has 2 N–H and O–H groups in total. The Morgan fingerprint density at radius 2 is 1.91 bits per heavy atom. The second kappa shape index (κ2) is 7.11. The van der Waals surface area contributed by atoms with Crippen molar-refractivity contribution in [3.05, 3.63) is 35.4 Å². The quantitative estimate of drug-likeness (QED) is 0.844. The van der Waals surface area contributed by atoms with E-state index in [0.717, 1.165) is 12.1 Å². The van der Waals surface area contributed by atoms with E-state index in [1.807, 2.05) is 0 Å². The first-order chi connectivity index (χ1) is 10.1. The van der Waals surface area contributed by atoms with Gasteiger partial charge in [-0.3, -0.25) is 4.79 Å². The average molecular weight is 319 g/mol. The molecule has 0 aromatic heterocycles. The molecular formula is C15H20F3NO3. The summed E-state index contributed by atoms with van der Waals surface area (Å²) in [6, 6.07) is 4.67. The van der Waals surface area contributed by atoms with Gasteiger partial charge in [-0.25, -0.2) is 0 Å². The Bertz CT molecular complexity index is 515. The van der Waals surface area contributed by atoms with E-state index in [0.29, 0.717) is 0 Å². The number of halogens is 3. The number of benzene rings is 1. The number of aliphatic hydroxyl groups is 1. The number of alkyl halides is 3. The van der Waals surface area contributed by atoms with Crippen LogP contribution in [0.1, 0.15) is 25.0 Å². The van der Waals surface area contributed by atoms with Crippen molar-refractivity contribution in [2.75, 3.05) is 20.3 Å². The highest BCUT2D eigenvalue weighted by atomic mass is 19.4. The molecule has 1 amide bonds. The Morgan fingerprint density at radius 3 is 2.45 bits per heavy atom. The fraction of sp³-hybridized carbons (Fsp3) is 0.533. The number of hydrogen-bond acceptors (Lipinski definition) is 3. The molecule has 124 valence electrons. The van der Waals surface area contributed by atoms with Crippen LogP contribution in [-0.2, 0) is 21.1 Å². The van der Waals surface area contributed by atoms with Crippen LogP contribution >= 0.6 is 0 Å². The maximum absolute atomic E-state index is 12.7. The number of ether oxygens (including phenoxy) is 1. The highest BCUT2D eigenvalue weighted by Gasteiger charge is 2.34. The zero-order chi connectivity index (χ0) is 17.0. The third-order valence-electron chi connectivity index (χ3n) is 3.34. The number of carbonyl (C=O) groups is 1. The normalized spacial score (nSPS) is 13.8. The number of nitrogens with one attached hydrogen (secondary N) is 1. The van der Waals surface area contributed by atoms with E-state index in [1.165, 1.54) is 33.1 Å². The number of methoxy groups -OCH3 is 1. The van der Waals surface area contributed by atoms with Crippen LogP contribution in [0, 0.1) is 0 Å². The van der Waals surface area contributed by atoms with Crippen molar-refractivity contribution in [1.29, 1.82) is 0 Å². The van der Waals surface area contributed by atoms with Gasteiger partial charge < -0.3 is 15.2 Å². The van der Waals surface area contributed by atoms with E-state index < -0.39 is 29.2 Å². The summed E-state index contributed by atoms with van der Waals surface area (Å²) in [6.45, 7) is 3.08. The molecule has 1 aromatic carbocycles. The third-order valence-corrected chi connectivity index (χ3v) is 3.34. The number of carbonyl (C=O) groups excluding carboxylic acids is 1. The van der Waals surface area contributed by atoms with Crippen LogP contribution in [0.25, 0.3) is 0 Å². The van der Waals surface area contributed by atoms with Crippen molar-refractivity contribution in [2.24, 2.45) is 0 Å². The van der Waals surface area contributed by atoms with Crippen molar-refractivity contribution < 1.29 is 27.8 Å². The summed E-state index contributed by atoms with van der Waals surface area (Å²) < 4.78 is 43.0. The number of aliphatic hydroxyl groups excluding tert-OH is 1. The van der Waals surface area contributed by atoms with Gasteiger partial charge in [0.1, 0.15) is 0 Å². The van der Waals surface area contributed by atoms with E-state index in [-0.39, 0.29) is 18.7 Å². The first-order valence-corrected chi connectivity index (χ1v) is 6.72. The van der Waals surface area contributed by atoms with E-state index in [1.54, 1.807) is 0 Å². The van der Waals surface area contributed by atoms with Crippen LogP contribution in [0.3, 0.4) is 0 Å². The highest BCUT2D eigenvalue weighted by Crippen LogP contribution is 2.32. The lowest BCUT2D eigenvalue weighted by Gasteiger charge is -2.25. The van der Waals surface area contributed by atoms with Crippen LogP contribution in [0.4, 0.5) is 13.2 Å². The molecule has 7 heteroatoms. The Balaban J connectivity index is 2.87. The summed E-state index contributed by atoms with van der Waals surface area (Å²) in [4.78, 5) is 12.2. The SMILES string of the molecule is COCC(O)CNC(=O)C(C)(C)c1cccc(C(F)(F)F)c1. The van der Waals surface area contributed by atoms with Gasteiger partial charge in [0.2, 0.25) is 5.91 Å². The second-order valence-electron chi connectivity index (χ2n) is 5.52. The molecule has 0 heterocycles. The van der Waals surface area contributed by atoms with Crippen molar-refractivity contribution in [2.45, 2.75) is 31.5 Å². The molecule has 22 heavy (non-hydrogen) atoms. The lowest BCUT2D eigenvalue weighted by molar-refractivity contribution is -0.138. The van der Waals surface area contributed by atoms with Crippen LogP contribution in [0.5, 0.6) is 0 Å². The molecule has 1 rings (SSSR count). The minimum absolute atomic E-state index is 0.0327. The lowest BCUT2D eigenvalue weighted by atomic mass is 9.83. The van der Waals surface area contributed by atoms with Gasteiger partial charge in [0.15, 0.2) is 0 Å². The molecule has 1 atom stereocenters. The second-order valence-corrected chi connectivity index (χ2v) is 5.52. The summed E-state index contributed by atoms with van der Waals surface area (Å²) in [6.07, 6.45) is -5.33. The maximum Gasteiger partial charge on any atom is 0.416 e. The molecule has 0 saturated heterocycles. The van der Waals surface area contributed by atoms with Crippen molar-refractivity contribution in [3.8, 4) is 0 Å². The first kappa shape index (κ1) is 18.4. The fourth-order valence-electron chi connectivity index (χ4n) is 1.90. The Hall–Kier alpha value is -1.60. The van der Waals surface area contributed by atoms with Crippen molar-refractivity contribution >= 4 is 5.91 Å². The minimum Gasteiger partial charge on any atom is -0.389 e. The zero-order valence-corrected chi connectivity index (χ0v) is 12.7. The number of rotatable bonds is 6. The Morgan fingerprint density at radius 1 is 1.32 bits per heavy atom. The predicted octanol–water partition coefficient (Wildman–Crippen LogP) is 2.11. The minimum atomic E-state index is -4.46. The summed E-state index contributed by atoms with van der Waals surface area (Å²) >= 11 is 0. The molecule has 1 aromatic rings. The predicted molar refractivity (Wildman–Crippen MR) is 75.4 cm³/mol. The topological polar surface area (TPSA) is 58.6 Å². The summed E-state index contributed by atoms with van der Waals surface area (Å²) in [5, 5.41) is 12.0. The molecule has 0 aliphatic rings. The first-order valence-electron chi connectivity index (χ1n) is 6.72. The summed E-state index contributed by atoms with van der Waals surface area (Å²) in [7, 11) is 1.41. The fourth-order valence-corrected chi connectivity index (χ4v) is 1.90. The molecule has 0 aliphatic heterocycles. The molecular weight excluding hydrogens is 299 g/mol. The van der Waals surface area contributed by atoms with E-state index in [2.05, 4.69) is 5.32 Å². The van der Waals surface area contributed by atoms with Gasteiger partial charge in [0.05, 0.1) is 23.7 Å². The number of hydrogen-bond donors (Lipinski definition) is 2. The van der Waals surface area contributed by atoms with Crippen LogP contribution in [0.15, 0.2) is 24.3 Å². The Kier molecular flexibility index (Phi) is 5.96. The smallest absolute Gasteiger partial charge is 0.389 e. The van der Waals surface area contributed by atoms with Gasteiger partial charge in [-0.15, -0.1) is 0 Å². The molecule has 0 saturated carbocycles. The van der Waals surface area contributed by atoms with Gasteiger partial charge >= 0.3 is 6.18 Å². The third kappa shape index (κ3) is 4.71. The largest absolute Gasteiger partial charge is 0.416 e. The maximum atomic E-state index is 12.7. The van der Waals surface area contributed by atoms with Gasteiger partial charge in [-0.05, 0) is 25.5 Å². The zero-order valence-electron chi connectivity index (χ0n) is 12.7. The number of amides is 1. The molecule has 0 radical (unpaired) electrons. The molecule has 0 spiro atoms. The summed E-state index contributed by atoms with van der Waals surface area (Å²) in [5.41, 5.74) is -1.71. The highest BCUT2D eigenvalue weighted by molar-refractivity contribution is 5.87. The standard InChI is InChI=1S/C15H20F3NO3/c1-14(2,13(21)19-8-12(20)9-22-3)10-5-4-6-11(7-10)15(16,17)18/h4-7,12,20H,8-9H2,1-3H3,(H,19,21). The molecule has 0 fully saturated rings. The van der Waals surface area contributed by atoms with E-state index >= 15 is 0 Å². The van der Waals surface area contributed by atoms with Crippen LogP contribution < -0.4 is 5.32 Å². The van der Waals surface area contributed by atoms with Crippen molar-refractivity contribution in [1.82, 2.24) is 5.32 Å². The van der Waals surface area contributed by atoms with Crippen LogP contribution in [0.2, 0.25) is 0 Å². The molecule has 0 bridgehead atoms. The Labute approximate surface area is 127 Å². The van der Waals surface area contributed by atoms with Crippen LogP contribution in [-0.4, -0.2) is 37.4 Å². The molecule has 1 unspecified atom stereocenters. The monoisotopic (exact) mass is 319 g/mol. The lowest BCUT2D eigenvalue weighted by Crippen LogP contribution is -2.44. The average Bonchev–Trinajstić information content (AvgIpc) is 2.44. The molecule has 4 nitrogen and oxygen atoms in total. The van der Waals surface area contributed by atoms with E-state index in [9.17, 15) is 23.1 Å². The van der Waals surface area contributed by atoms with Crippen molar-refractivity contribution in [3.63, 3.8) is 0 Å². The van der Waals surface area contributed by atoms with E-state index in [4.69, 9.17) is 4.74 Å². The van der Waals surface area contributed by atoms with Gasteiger partial charge in [-0.1, -0.05) is 18.2 Å². The molecule has 0 aliphatic carbocycles. The van der Waals surface area contributed by atoms with Gasteiger partial charge in [0.25, 0.3) is 0 Å². The summed E-state index contributed by atoms with van der Waals surface area (Å²) in [5.74, 6) is -0.470. The van der Waals surface area contributed by atoms with Gasteiger partial charge in [0, 0.05) is 13.7 Å². The van der Waals surface area contributed by atoms with Gasteiger partial charge in [-0.2, -0.15) is 13.2 Å².